The summed E-state index contributed by atoms with van der Waals surface area (Å²) in [6.45, 7) is 5.42. The number of H-pyrrole nitrogens is 1. The highest BCUT2D eigenvalue weighted by Gasteiger charge is 2.30. The molecule has 0 unspecified atom stereocenters. The Morgan fingerprint density at radius 2 is 1.74 bits per heavy atom. The maximum atomic E-state index is 13.1. The van der Waals surface area contributed by atoms with E-state index in [0.717, 1.165) is 5.56 Å². The maximum Gasteiger partial charge on any atom is 0.340 e. The lowest BCUT2D eigenvalue weighted by Crippen LogP contribution is -2.24. The van der Waals surface area contributed by atoms with Gasteiger partial charge in [0.2, 0.25) is 0 Å². The van der Waals surface area contributed by atoms with Crippen LogP contribution in [0.5, 0.6) is 5.75 Å². The number of esters is 1. The summed E-state index contributed by atoms with van der Waals surface area (Å²) in [5.41, 5.74) is 2.95. The summed E-state index contributed by atoms with van der Waals surface area (Å²) in [5.74, 6) is -1.78. The van der Waals surface area contributed by atoms with E-state index in [0.29, 0.717) is 28.3 Å². The number of aryl methyl sites for hydroxylation is 2. The van der Waals surface area contributed by atoms with Crippen molar-refractivity contribution in [1.82, 2.24) is 4.98 Å². The molecule has 7 heteroatoms. The summed E-state index contributed by atoms with van der Waals surface area (Å²) in [6.07, 6.45) is 0. The summed E-state index contributed by atoms with van der Waals surface area (Å²) >= 11 is 0. The molecule has 1 heterocycles. The van der Waals surface area contributed by atoms with Gasteiger partial charge in [-0.05, 0) is 44.0 Å². The fraction of sp³-hybridized carbons (Fsp3) is 0.208. The Labute approximate surface area is 180 Å². The zero-order valence-corrected chi connectivity index (χ0v) is 17.9. The number of hydrogen-bond acceptors (Lipinski definition) is 5. The number of aromatic amines is 1. The van der Waals surface area contributed by atoms with Gasteiger partial charge in [-0.25, -0.2) is 4.79 Å². The molecular formula is C24H24N2O5. The zero-order chi connectivity index (χ0) is 22.5. The number of rotatable bonds is 7. The highest BCUT2D eigenvalue weighted by Crippen LogP contribution is 2.32. The second kappa shape index (κ2) is 9.30. The van der Waals surface area contributed by atoms with Gasteiger partial charge in [0.05, 0.1) is 25.0 Å². The first-order valence-electron chi connectivity index (χ1n) is 9.82. The quantitative estimate of drug-likeness (QED) is 0.337. The first-order chi connectivity index (χ1) is 14.9. The van der Waals surface area contributed by atoms with E-state index in [1.165, 1.54) is 7.11 Å². The van der Waals surface area contributed by atoms with Crippen LogP contribution in [0.25, 0.3) is 11.1 Å². The van der Waals surface area contributed by atoms with Crippen molar-refractivity contribution in [2.75, 3.05) is 19.0 Å². The minimum atomic E-state index is -0.849. The van der Waals surface area contributed by atoms with Crippen LogP contribution >= 0.6 is 0 Å². The van der Waals surface area contributed by atoms with Gasteiger partial charge in [-0.1, -0.05) is 36.4 Å². The lowest BCUT2D eigenvalue weighted by atomic mass is 9.98. The van der Waals surface area contributed by atoms with E-state index < -0.39 is 17.7 Å². The molecule has 0 radical (unpaired) electrons. The van der Waals surface area contributed by atoms with Gasteiger partial charge in [-0.15, -0.1) is 0 Å². The third-order valence-electron chi connectivity index (χ3n) is 4.77. The molecule has 0 aliphatic carbocycles. The van der Waals surface area contributed by atoms with Crippen molar-refractivity contribution >= 4 is 23.3 Å². The predicted molar refractivity (Wildman–Crippen MR) is 118 cm³/mol. The van der Waals surface area contributed by atoms with Crippen LogP contribution < -0.4 is 10.1 Å². The molecule has 0 saturated carbocycles. The second-order valence-electron chi connectivity index (χ2n) is 6.95. The molecule has 1 aromatic heterocycles. The van der Waals surface area contributed by atoms with E-state index in [1.807, 2.05) is 19.1 Å². The first kappa shape index (κ1) is 21.8. The Balaban J connectivity index is 2.05. The fourth-order valence-corrected chi connectivity index (χ4v) is 3.36. The number of methoxy groups -OCH3 is 1. The molecule has 1 amide bonds. The number of ether oxygens (including phenoxy) is 2. The number of ketones is 1. The van der Waals surface area contributed by atoms with Crippen molar-refractivity contribution < 1.29 is 23.9 Å². The second-order valence-corrected chi connectivity index (χ2v) is 6.95. The number of carbonyl (C=O) groups excluding carboxylic acids is 3. The number of aromatic nitrogens is 1. The van der Waals surface area contributed by atoms with Crippen molar-refractivity contribution in [3.63, 3.8) is 0 Å². The van der Waals surface area contributed by atoms with Gasteiger partial charge in [-0.3, -0.25) is 9.59 Å². The molecule has 0 atom stereocenters. The van der Waals surface area contributed by atoms with Gasteiger partial charge in [0.25, 0.3) is 11.7 Å². The summed E-state index contributed by atoms with van der Waals surface area (Å²) in [5, 5.41) is 2.61. The van der Waals surface area contributed by atoms with Gasteiger partial charge in [0.15, 0.2) is 0 Å². The van der Waals surface area contributed by atoms with Crippen molar-refractivity contribution in [2.45, 2.75) is 20.8 Å². The third kappa shape index (κ3) is 4.50. The van der Waals surface area contributed by atoms with E-state index in [1.54, 1.807) is 50.2 Å². The average Bonchev–Trinajstić information content (AvgIpc) is 3.11. The third-order valence-corrected chi connectivity index (χ3v) is 4.77. The maximum absolute atomic E-state index is 13.1. The number of nitrogens with one attached hydrogen (secondary N) is 2. The number of benzene rings is 2. The smallest absolute Gasteiger partial charge is 0.340 e. The van der Waals surface area contributed by atoms with E-state index >= 15 is 0 Å². The van der Waals surface area contributed by atoms with Crippen LogP contribution in [0.1, 0.15) is 39.0 Å². The van der Waals surface area contributed by atoms with Gasteiger partial charge in [-0.2, -0.15) is 0 Å². The van der Waals surface area contributed by atoms with Gasteiger partial charge in [0, 0.05) is 11.3 Å². The topological polar surface area (TPSA) is 97.5 Å². The lowest BCUT2D eigenvalue weighted by molar-refractivity contribution is -0.112. The van der Waals surface area contributed by atoms with Gasteiger partial charge >= 0.3 is 5.97 Å². The Hall–Kier alpha value is -3.87. The highest BCUT2D eigenvalue weighted by molar-refractivity contribution is 6.47. The molecule has 0 aliphatic heterocycles. The van der Waals surface area contributed by atoms with E-state index in [2.05, 4.69) is 10.3 Å². The molecule has 0 fully saturated rings. The van der Waals surface area contributed by atoms with Crippen LogP contribution in [0.15, 0.2) is 48.5 Å². The number of hydrogen-bond donors (Lipinski definition) is 2. The lowest BCUT2D eigenvalue weighted by Gasteiger charge is -2.11. The van der Waals surface area contributed by atoms with Crippen LogP contribution in [0.3, 0.4) is 0 Å². The fourth-order valence-electron chi connectivity index (χ4n) is 3.36. The van der Waals surface area contributed by atoms with Crippen molar-refractivity contribution in [3.8, 4) is 16.9 Å². The standard InChI is InChI=1S/C24H24N2O5/c1-5-31-24(29)19-15(3)25-21(20(19)16-9-7-6-8-10-16)22(27)23(28)26-17-13-14(2)11-12-18(17)30-4/h6-13,25H,5H2,1-4H3,(H,26,28). The molecular weight excluding hydrogens is 396 g/mol. The first-order valence-corrected chi connectivity index (χ1v) is 9.82. The number of amides is 1. The largest absolute Gasteiger partial charge is 0.495 e. The Morgan fingerprint density at radius 3 is 2.39 bits per heavy atom. The number of carbonyl (C=O) groups is 3. The Kier molecular flexibility index (Phi) is 6.55. The van der Waals surface area contributed by atoms with E-state index in [4.69, 9.17) is 9.47 Å². The molecule has 31 heavy (non-hydrogen) atoms. The van der Waals surface area contributed by atoms with Crippen molar-refractivity contribution in [3.05, 3.63) is 71.0 Å². The molecule has 2 N–H and O–H groups in total. The molecule has 2 aromatic carbocycles. The minimum Gasteiger partial charge on any atom is -0.495 e. The molecule has 7 nitrogen and oxygen atoms in total. The molecule has 0 saturated heterocycles. The zero-order valence-electron chi connectivity index (χ0n) is 17.9. The summed E-state index contributed by atoms with van der Waals surface area (Å²) in [7, 11) is 1.48. The SMILES string of the molecule is CCOC(=O)c1c(C)[nH]c(C(=O)C(=O)Nc2cc(C)ccc2OC)c1-c1ccccc1. The van der Waals surface area contributed by atoms with Crippen LogP contribution in [0.4, 0.5) is 5.69 Å². The van der Waals surface area contributed by atoms with Crippen molar-refractivity contribution in [2.24, 2.45) is 0 Å². The molecule has 0 aliphatic rings. The monoisotopic (exact) mass is 420 g/mol. The van der Waals surface area contributed by atoms with E-state index in [9.17, 15) is 14.4 Å². The summed E-state index contributed by atoms with van der Waals surface area (Å²) < 4.78 is 10.4. The van der Waals surface area contributed by atoms with Crippen LogP contribution in [-0.2, 0) is 9.53 Å². The predicted octanol–water partition coefficient (Wildman–Crippen LogP) is 4.31. The van der Waals surface area contributed by atoms with Crippen LogP contribution in [0.2, 0.25) is 0 Å². The highest BCUT2D eigenvalue weighted by atomic mass is 16.5. The molecule has 160 valence electrons. The number of Topliss-reactive ketones (excluding diaryl/α,β-unsaturated/α-hetero) is 1. The Morgan fingerprint density at radius 1 is 1.03 bits per heavy atom. The number of anilines is 1. The molecule has 0 spiro atoms. The van der Waals surface area contributed by atoms with Crippen LogP contribution in [-0.4, -0.2) is 36.4 Å². The summed E-state index contributed by atoms with van der Waals surface area (Å²) in [6, 6.07) is 14.2. The average molecular weight is 420 g/mol. The van der Waals surface area contributed by atoms with Gasteiger partial charge < -0.3 is 19.8 Å². The van der Waals surface area contributed by atoms with Gasteiger partial charge in [0.1, 0.15) is 11.4 Å². The van der Waals surface area contributed by atoms with Crippen LogP contribution in [0, 0.1) is 13.8 Å². The summed E-state index contributed by atoms with van der Waals surface area (Å²) in [4.78, 5) is 41.5. The Bertz CT molecular complexity index is 1130. The normalized spacial score (nSPS) is 10.5. The van der Waals surface area contributed by atoms with Crippen molar-refractivity contribution in [1.29, 1.82) is 0 Å². The molecule has 3 rings (SSSR count). The minimum absolute atomic E-state index is 0.0240. The molecule has 3 aromatic rings. The molecule has 0 bridgehead atoms. The van der Waals surface area contributed by atoms with E-state index in [-0.39, 0.29) is 17.9 Å².